The summed E-state index contributed by atoms with van der Waals surface area (Å²) in [6.07, 6.45) is -2.17. The minimum atomic E-state index is -1.69. The molecular weight excluding hydrogens is 593 g/mol. The van der Waals surface area contributed by atoms with Crippen molar-refractivity contribution in [3.8, 4) is 0 Å². The average molecular weight is 624 g/mol. The zero-order valence-electron chi connectivity index (χ0n) is 23.1. The number of ether oxygens (including phenoxy) is 3. The molecule has 3 amide bonds. The number of rotatable bonds is 15. The predicted octanol–water partition coefficient (Wildman–Crippen LogP) is 2.83. The molecule has 3 unspecified atom stereocenters. The maximum absolute atomic E-state index is 12.9. The summed E-state index contributed by atoms with van der Waals surface area (Å²) in [7, 11) is 0. The lowest BCUT2D eigenvalue weighted by Crippen LogP contribution is -2.56. The lowest BCUT2D eigenvalue weighted by Gasteiger charge is -2.24. The zero-order valence-corrected chi connectivity index (χ0v) is 24.6. The van der Waals surface area contributed by atoms with Crippen molar-refractivity contribution >= 4 is 59.1 Å². The van der Waals surface area contributed by atoms with Crippen LogP contribution in [0.15, 0.2) is 48.5 Å². The van der Waals surface area contributed by atoms with Gasteiger partial charge in [-0.1, -0.05) is 73.4 Å². The van der Waals surface area contributed by atoms with Gasteiger partial charge in [0, 0.05) is 0 Å². The summed E-state index contributed by atoms with van der Waals surface area (Å²) in [4.78, 5) is 73.8. The number of amides is 3. The molecule has 12 nitrogen and oxygen atoms in total. The number of Topliss-reactive ketones (excluding diaryl/α,β-unsaturated/α-hetero) is 1. The van der Waals surface area contributed by atoms with Gasteiger partial charge >= 0.3 is 12.1 Å². The Kier molecular flexibility index (Phi) is 13.9. The van der Waals surface area contributed by atoms with E-state index in [4.69, 9.17) is 37.4 Å². The second-order valence-corrected chi connectivity index (χ2v) is 10.0. The number of ketones is 1. The van der Waals surface area contributed by atoms with E-state index >= 15 is 0 Å². The largest absolute Gasteiger partial charge is 0.454 e. The minimum absolute atomic E-state index is 0.00483. The molecule has 42 heavy (non-hydrogen) atoms. The van der Waals surface area contributed by atoms with Gasteiger partial charge < -0.3 is 35.0 Å². The van der Waals surface area contributed by atoms with Crippen LogP contribution in [0.2, 0.25) is 10.0 Å². The maximum atomic E-state index is 12.9. The number of benzene rings is 2. The number of hydrogen-bond acceptors (Lipinski definition) is 9. The molecule has 0 heterocycles. The van der Waals surface area contributed by atoms with E-state index in [1.54, 1.807) is 38.1 Å². The molecule has 2 rings (SSSR count). The van der Waals surface area contributed by atoms with Gasteiger partial charge in [0.1, 0.15) is 31.6 Å². The zero-order chi connectivity index (χ0) is 31.2. The van der Waals surface area contributed by atoms with E-state index in [0.29, 0.717) is 6.29 Å². The number of halogens is 2. The molecule has 0 radical (unpaired) electrons. The summed E-state index contributed by atoms with van der Waals surface area (Å²) in [5, 5.41) is 7.19. The van der Waals surface area contributed by atoms with Crippen molar-refractivity contribution in [2.45, 2.75) is 45.7 Å². The van der Waals surface area contributed by atoms with E-state index in [1.165, 1.54) is 25.1 Å². The summed E-state index contributed by atoms with van der Waals surface area (Å²) in [5.74, 6) is -3.83. The molecule has 14 heteroatoms. The highest BCUT2D eigenvalue weighted by Gasteiger charge is 2.30. The number of carbonyl (C=O) groups is 6. The third kappa shape index (κ3) is 10.8. The van der Waals surface area contributed by atoms with Gasteiger partial charge in [-0.05, 0) is 30.5 Å². The van der Waals surface area contributed by atoms with Crippen LogP contribution in [0.3, 0.4) is 0 Å². The Morgan fingerprint density at radius 3 is 2.07 bits per heavy atom. The van der Waals surface area contributed by atoms with E-state index in [-0.39, 0.29) is 28.1 Å². The molecular formula is C28H31Cl2N3O9. The summed E-state index contributed by atoms with van der Waals surface area (Å²) >= 11 is 11.9. The Labute approximate surface area is 252 Å². The summed E-state index contributed by atoms with van der Waals surface area (Å²) in [5.41, 5.74) is 0.600. The van der Waals surface area contributed by atoms with Crippen LogP contribution in [-0.4, -0.2) is 67.5 Å². The van der Waals surface area contributed by atoms with Crippen LogP contribution in [-0.2, 0) is 40.0 Å². The minimum Gasteiger partial charge on any atom is -0.454 e. The third-order valence-corrected chi connectivity index (χ3v) is 6.23. The van der Waals surface area contributed by atoms with Crippen LogP contribution in [0.25, 0.3) is 0 Å². The molecule has 0 spiro atoms. The van der Waals surface area contributed by atoms with E-state index in [9.17, 15) is 28.8 Å². The fourth-order valence-corrected chi connectivity index (χ4v) is 3.93. The Morgan fingerprint density at radius 2 is 1.48 bits per heavy atom. The van der Waals surface area contributed by atoms with Gasteiger partial charge in [-0.15, -0.1) is 0 Å². The van der Waals surface area contributed by atoms with Gasteiger partial charge in [0.25, 0.3) is 0 Å². The lowest BCUT2D eigenvalue weighted by molar-refractivity contribution is -0.143. The highest BCUT2D eigenvalue weighted by Crippen LogP contribution is 2.25. The Bertz CT molecular complexity index is 1250. The van der Waals surface area contributed by atoms with Crippen molar-refractivity contribution in [3.63, 3.8) is 0 Å². The van der Waals surface area contributed by atoms with Gasteiger partial charge in [-0.2, -0.15) is 0 Å². The molecule has 0 aliphatic carbocycles. The first-order valence-corrected chi connectivity index (χ1v) is 13.5. The molecule has 0 aromatic heterocycles. The SMILES string of the molecule is CC(NC(=O)C(NC(=O)OCc1ccccc1)C(C)C)C(=O)NC(OCC=O)C(=O)COC(=O)c1c(Cl)cccc1Cl. The fraction of sp³-hybridized carbons (Fsp3) is 0.357. The van der Waals surface area contributed by atoms with Crippen LogP contribution in [0, 0.1) is 5.92 Å². The van der Waals surface area contributed by atoms with Crippen molar-refractivity contribution in [1.82, 2.24) is 16.0 Å². The number of nitrogens with one attached hydrogen (secondary N) is 3. The Morgan fingerprint density at radius 1 is 0.833 bits per heavy atom. The summed E-state index contributed by atoms with van der Waals surface area (Å²) in [6, 6.07) is 11.0. The standard InChI is InChI=1S/C28H31Cl2N3O9/c1-16(2)23(32-28(39)42-14-18-8-5-4-6-9-18)25(37)31-17(3)24(36)33-26(40-13-12-34)21(35)15-41-27(38)22-19(29)10-7-11-20(22)30/h4-12,16-17,23,26H,13-15H2,1-3H3,(H,31,37)(H,32,39)(H,33,36). The van der Waals surface area contributed by atoms with Gasteiger partial charge in [-0.3, -0.25) is 14.4 Å². The monoisotopic (exact) mass is 623 g/mol. The molecule has 2 aromatic carbocycles. The molecule has 0 aliphatic rings. The van der Waals surface area contributed by atoms with E-state index in [0.717, 1.165) is 5.56 Å². The first-order chi connectivity index (χ1) is 19.9. The van der Waals surface area contributed by atoms with Gasteiger partial charge in [0.2, 0.25) is 17.6 Å². The number of aldehydes is 1. The van der Waals surface area contributed by atoms with Gasteiger partial charge in [-0.25, -0.2) is 9.59 Å². The fourth-order valence-electron chi connectivity index (χ4n) is 3.38. The number of alkyl carbamates (subject to hydrolysis) is 1. The number of esters is 1. The first kappa shape index (κ1) is 34.2. The number of carbonyl (C=O) groups excluding carboxylic acids is 6. The molecule has 3 atom stereocenters. The van der Waals surface area contributed by atoms with Crippen molar-refractivity contribution in [2.75, 3.05) is 13.2 Å². The molecule has 0 aliphatic heterocycles. The first-order valence-electron chi connectivity index (χ1n) is 12.7. The highest BCUT2D eigenvalue weighted by molar-refractivity contribution is 6.39. The smallest absolute Gasteiger partial charge is 0.408 e. The topological polar surface area (TPSA) is 166 Å². The second kappa shape index (κ2) is 17.1. The van der Waals surface area contributed by atoms with Crippen LogP contribution in [0.5, 0.6) is 0 Å². The van der Waals surface area contributed by atoms with Crippen LogP contribution >= 0.6 is 23.2 Å². The molecule has 0 fully saturated rings. The van der Waals surface area contributed by atoms with Gasteiger partial charge in [0.05, 0.1) is 15.6 Å². The third-order valence-electron chi connectivity index (χ3n) is 5.60. The highest BCUT2D eigenvalue weighted by atomic mass is 35.5. The van der Waals surface area contributed by atoms with Gasteiger partial charge in [0.15, 0.2) is 12.8 Å². The number of hydrogen-bond donors (Lipinski definition) is 3. The van der Waals surface area contributed by atoms with E-state index in [2.05, 4.69) is 16.0 Å². The molecule has 3 N–H and O–H groups in total. The molecule has 226 valence electrons. The van der Waals surface area contributed by atoms with Crippen molar-refractivity contribution in [2.24, 2.45) is 5.92 Å². The van der Waals surface area contributed by atoms with Crippen molar-refractivity contribution in [3.05, 3.63) is 69.7 Å². The molecule has 0 saturated carbocycles. The van der Waals surface area contributed by atoms with Crippen LogP contribution in [0.4, 0.5) is 4.79 Å². The summed E-state index contributed by atoms with van der Waals surface area (Å²) in [6.45, 7) is 3.28. The van der Waals surface area contributed by atoms with E-state index < -0.39 is 61.2 Å². The normalized spacial score (nSPS) is 12.8. The second-order valence-electron chi connectivity index (χ2n) is 9.19. The maximum Gasteiger partial charge on any atom is 0.408 e. The molecule has 2 aromatic rings. The van der Waals surface area contributed by atoms with E-state index in [1.807, 2.05) is 6.07 Å². The van der Waals surface area contributed by atoms with Crippen LogP contribution in [0.1, 0.15) is 36.7 Å². The van der Waals surface area contributed by atoms with Crippen molar-refractivity contribution < 1.29 is 43.0 Å². The quantitative estimate of drug-likeness (QED) is 0.153. The van der Waals surface area contributed by atoms with Crippen LogP contribution < -0.4 is 16.0 Å². The molecule has 0 saturated heterocycles. The lowest BCUT2D eigenvalue weighted by atomic mass is 10.0. The molecule has 0 bridgehead atoms. The average Bonchev–Trinajstić information content (AvgIpc) is 2.95. The Balaban J connectivity index is 1.96. The summed E-state index contributed by atoms with van der Waals surface area (Å²) < 4.78 is 15.2. The Hall–Kier alpha value is -4.00. The van der Waals surface area contributed by atoms with Crippen molar-refractivity contribution in [1.29, 1.82) is 0 Å². The predicted molar refractivity (Wildman–Crippen MR) is 152 cm³/mol.